The normalized spacial score (nSPS) is 17.4. The number of benzene rings is 1. The zero-order valence-corrected chi connectivity index (χ0v) is 12.9. The Balaban J connectivity index is 1.40. The highest BCUT2D eigenvalue weighted by Crippen LogP contribution is 2.30. The third-order valence-electron chi connectivity index (χ3n) is 4.08. The predicted octanol–water partition coefficient (Wildman–Crippen LogP) is 2.03. The van der Waals surface area contributed by atoms with E-state index in [-0.39, 0.29) is 12.5 Å². The van der Waals surface area contributed by atoms with Crippen molar-refractivity contribution in [1.82, 2.24) is 4.90 Å². The van der Waals surface area contributed by atoms with E-state index in [9.17, 15) is 4.79 Å². The van der Waals surface area contributed by atoms with Crippen LogP contribution in [0.3, 0.4) is 0 Å². The van der Waals surface area contributed by atoms with Crippen LogP contribution in [-0.4, -0.2) is 50.3 Å². The van der Waals surface area contributed by atoms with Crippen LogP contribution in [0.2, 0.25) is 0 Å². The summed E-state index contributed by atoms with van der Waals surface area (Å²) in [6.07, 6.45) is 4.23. The molecule has 0 aromatic heterocycles. The van der Waals surface area contributed by atoms with Gasteiger partial charge in [-0.2, -0.15) is 0 Å². The van der Waals surface area contributed by atoms with Gasteiger partial charge in [0.2, 0.25) is 5.91 Å². The first-order chi connectivity index (χ1) is 10.8. The molecule has 0 aliphatic carbocycles. The molecular formula is C17H23NO4. The number of nitrogens with zero attached hydrogens (tertiary/aromatic N) is 1. The number of ether oxygens (including phenoxy) is 3. The van der Waals surface area contributed by atoms with Gasteiger partial charge >= 0.3 is 0 Å². The smallest absolute Gasteiger partial charge is 0.248 e. The molecule has 120 valence electrons. The molecule has 0 spiro atoms. The average Bonchev–Trinajstić information content (AvgIpc) is 2.59. The van der Waals surface area contributed by atoms with Crippen molar-refractivity contribution in [3.63, 3.8) is 0 Å². The number of carbonyl (C=O) groups excluding carboxylic acids is 1. The Morgan fingerprint density at radius 3 is 2.68 bits per heavy atom. The third kappa shape index (κ3) is 3.91. The lowest BCUT2D eigenvalue weighted by molar-refractivity contribution is -0.137. The number of fused-ring (bicyclic) bond motifs is 1. The van der Waals surface area contributed by atoms with Gasteiger partial charge in [0.05, 0.1) is 6.61 Å². The van der Waals surface area contributed by atoms with Crippen LogP contribution in [0, 0.1) is 0 Å². The SMILES string of the molecule is O=C(COCCc1ccc2c(c1)OCCO2)N1CCCCC1. The predicted molar refractivity (Wildman–Crippen MR) is 82.4 cm³/mol. The number of piperidine rings is 1. The minimum atomic E-state index is 0.113. The molecule has 0 atom stereocenters. The Morgan fingerprint density at radius 2 is 1.86 bits per heavy atom. The molecule has 5 nitrogen and oxygen atoms in total. The van der Waals surface area contributed by atoms with E-state index in [2.05, 4.69) is 0 Å². The summed E-state index contributed by atoms with van der Waals surface area (Å²) in [6, 6.07) is 5.94. The molecule has 0 radical (unpaired) electrons. The fourth-order valence-corrected chi connectivity index (χ4v) is 2.83. The number of hydrogen-bond acceptors (Lipinski definition) is 4. The number of hydrogen-bond donors (Lipinski definition) is 0. The monoisotopic (exact) mass is 305 g/mol. The second kappa shape index (κ2) is 7.49. The van der Waals surface area contributed by atoms with Crippen molar-refractivity contribution < 1.29 is 19.0 Å². The van der Waals surface area contributed by atoms with Crippen molar-refractivity contribution in [2.45, 2.75) is 25.7 Å². The molecule has 0 bridgehead atoms. The molecule has 2 aliphatic rings. The maximum atomic E-state index is 12.0. The zero-order valence-electron chi connectivity index (χ0n) is 12.9. The van der Waals surface area contributed by atoms with Crippen molar-refractivity contribution in [1.29, 1.82) is 0 Å². The van der Waals surface area contributed by atoms with Crippen LogP contribution in [-0.2, 0) is 16.0 Å². The fraction of sp³-hybridized carbons (Fsp3) is 0.588. The van der Waals surface area contributed by atoms with E-state index in [0.717, 1.165) is 49.4 Å². The fourth-order valence-electron chi connectivity index (χ4n) is 2.83. The Bertz CT molecular complexity index is 511. The quantitative estimate of drug-likeness (QED) is 0.781. The molecule has 1 fully saturated rings. The van der Waals surface area contributed by atoms with Crippen molar-refractivity contribution >= 4 is 5.91 Å². The largest absolute Gasteiger partial charge is 0.486 e. The number of rotatable bonds is 5. The van der Waals surface area contributed by atoms with Gasteiger partial charge in [-0.15, -0.1) is 0 Å². The summed E-state index contributed by atoms with van der Waals surface area (Å²) < 4.78 is 16.6. The molecule has 2 heterocycles. The molecule has 1 aromatic carbocycles. The van der Waals surface area contributed by atoms with Gasteiger partial charge in [-0.1, -0.05) is 6.07 Å². The van der Waals surface area contributed by atoms with Gasteiger partial charge < -0.3 is 19.1 Å². The molecule has 22 heavy (non-hydrogen) atoms. The highest BCUT2D eigenvalue weighted by atomic mass is 16.6. The van der Waals surface area contributed by atoms with E-state index in [1.54, 1.807) is 0 Å². The van der Waals surface area contributed by atoms with Gasteiger partial charge in [0.15, 0.2) is 11.5 Å². The lowest BCUT2D eigenvalue weighted by Gasteiger charge is -2.26. The molecule has 0 N–H and O–H groups in total. The first-order valence-electron chi connectivity index (χ1n) is 8.07. The van der Waals surface area contributed by atoms with Crippen molar-refractivity contribution in [2.24, 2.45) is 0 Å². The Kier molecular flexibility index (Phi) is 5.16. The van der Waals surface area contributed by atoms with E-state index in [0.29, 0.717) is 19.8 Å². The molecular weight excluding hydrogens is 282 g/mol. The van der Waals surface area contributed by atoms with Gasteiger partial charge in [0.25, 0.3) is 0 Å². The Hall–Kier alpha value is -1.75. The summed E-state index contributed by atoms with van der Waals surface area (Å²) in [5.41, 5.74) is 1.13. The van der Waals surface area contributed by atoms with E-state index in [1.807, 2.05) is 23.1 Å². The van der Waals surface area contributed by atoms with Crippen molar-refractivity contribution in [3.8, 4) is 11.5 Å². The molecule has 1 amide bonds. The molecule has 0 saturated carbocycles. The van der Waals surface area contributed by atoms with Crippen molar-refractivity contribution in [2.75, 3.05) is 39.5 Å². The van der Waals surface area contributed by atoms with Gasteiger partial charge in [0.1, 0.15) is 19.8 Å². The summed E-state index contributed by atoms with van der Waals surface area (Å²) in [5, 5.41) is 0. The maximum Gasteiger partial charge on any atom is 0.248 e. The molecule has 1 saturated heterocycles. The lowest BCUT2D eigenvalue weighted by atomic mass is 10.1. The highest BCUT2D eigenvalue weighted by Gasteiger charge is 2.16. The molecule has 0 unspecified atom stereocenters. The first-order valence-corrected chi connectivity index (χ1v) is 8.07. The van der Waals surface area contributed by atoms with E-state index in [4.69, 9.17) is 14.2 Å². The molecule has 1 aromatic rings. The summed E-state index contributed by atoms with van der Waals surface area (Å²) in [5.74, 6) is 1.71. The number of carbonyl (C=O) groups is 1. The lowest BCUT2D eigenvalue weighted by Crippen LogP contribution is -2.38. The topological polar surface area (TPSA) is 48.0 Å². The average molecular weight is 305 g/mol. The van der Waals surface area contributed by atoms with Crippen molar-refractivity contribution in [3.05, 3.63) is 23.8 Å². The highest BCUT2D eigenvalue weighted by molar-refractivity contribution is 5.77. The zero-order chi connectivity index (χ0) is 15.2. The van der Waals surface area contributed by atoms with Crippen LogP contribution >= 0.6 is 0 Å². The minimum absolute atomic E-state index is 0.113. The molecule has 5 heteroatoms. The standard InChI is InChI=1S/C17H23NO4/c19-17(18-7-2-1-3-8-18)13-20-9-6-14-4-5-15-16(12-14)22-11-10-21-15/h4-5,12H,1-3,6-11,13H2. The van der Waals surface area contributed by atoms with Crippen LogP contribution in [0.1, 0.15) is 24.8 Å². The van der Waals surface area contributed by atoms with Gasteiger partial charge in [-0.3, -0.25) is 4.79 Å². The van der Waals surface area contributed by atoms with Crippen LogP contribution in [0.4, 0.5) is 0 Å². The molecule has 2 aliphatic heterocycles. The number of likely N-dealkylation sites (tertiary alicyclic amines) is 1. The minimum Gasteiger partial charge on any atom is -0.486 e. The second-order valence-corrected chi connectivity index (χ2v) is 5.72. The van der Waals surface area contributed by atoms with Crippen LogP contribution in [0.15, 0.2) is 18.2 Å². The van der Waals surface area contributed by atoms with E-state index >= 15 is 0 Å². The summed E-state index contributed by atoms with van der Waals surface area (Å²) in [7, 11) is 0. The van der Waals surface area contributed by atoms with E-state index < -0.39 is 0 Å². The number of amides is 1. The Labute approximate surface area is 131 Å². The van der Waals surface area contributed by atoms with Crippen LogP contribution < -0.4 is 9.47 Å². The van der Waals surface area contributed by atoms with Crippen LogP contribution in [0.5, 0.6) is 11.5 Å². The first kappa shape index (κ1) is 15.2. The summed E-state index contributed by atoms with van der Waals surface area (Å²) >= 11 is 0. The van der Waals surface area contributed by atoms with Gasteiger partial charge in [0, 0.05) is 13.1 Å². The third-order valence-corrected chi connectivity index (χ3v) is 4.08. The summed E-state index contributed by atoms with van der Waals surface area (Å²) in [6.45, 7) is 3.68. The van der Waals surface area contributed by atoms with E-state index in [1.165, 1.54) is 6.42 Å². The second-order valence-electron chi connectivity index (χ2n) is 5.72. The maximum absolute atomic E-state index is 12.0. The molecule has 3 rings (SSSR count). The van der Waals surface area contributed by atoms with Gasteiger partial charge in [-0.05, 0) is 43.4 Å². The van der Waals surface area contributed by atoms with Gasteiger partial charge in [-0.25, -0.2) is 0 Å². The van der Waals surface area contributed by atoms with Crippen LogP contribution in [0.25, 0.3) is 0 Å². The Morgan fingerprint density at radius 1 is 1.09 bits per heavy atom. The summed E-state index contributed by atoms with van der Waals surface area (Å²) in [4.78, 5) is 13.9.